The lowest BCUT2D eigenvalue weighted by molar-refractivity contribution is -0.138. The Bertz CT molecular complexity index is 727. The third-order valence-corrected chi connectivity index (χ3v) is 4.70. The van der Waals surface area contributed by atoms with Crippen LogP contribution < -0.4 is 21.7 Å². The zero-order chi connectivity index (χ0) is 22.7. The van der Waals surface area contributed by atoms with Gasteiger partial charge in [0, 0.05) is 6.42 Å². The molecule has 3 amide bonds. The molecule has 0 aliphatic rings. The van der Waals surface area contributed by atoms with Crippen LogP contribution in [0.4, 0.5) is 0 Å². The molecule has 30 heavy (non-hydrogen) atoms. The lowest BCUT2D eigenvalue weighted by Crippen LogP contribution is -2.58. The number of aliphatic carboxylic acids is 1. The van der Waals surface area contributed by atoms with Gasteiger partial charge >= 0.3 is 5.97 Å². The molecule has 0 radical (unpaired) electrons. The number of carbonyl (C=O) groups is 4. The minimum atomic E-state index is -1.31. The van der Waals surface area contributed by atoms with Crippen molar-refractivity contribution in [2.24, 2.45) is 11.7 Å². The maximum Gasteiger partial charge on any atom is 0.322 e. The zero-order valence-electron chi connectivity index (χ0n) is 17.1. The number of carboxylic acid groups (broad SMARTS) is 1. The standard InChI is InChI=1S/C20H30N4O6/c1-3-12(2)17(21)20(30)24-15(11-25)19(29)23-14(18(28)22-10-16(26)27)9-13-7-5-4-6-8-13/h4-8,12,14-15,17,25H,3,9-11,21H2,1-2H3,(H,22,28)(H,23,29)(H,24,30)(H,26,27). The SMILES string of the molecule is CCC(C)C(N)C(=O)NC(CO)C(=O)NC(Cc1ccccc1)C(=O)NCC(=O)O. The first-order valence-electron chi connectivity index (χ1n) is 9.70. The van der Waals surface area contributed by atoms with E-state index < -0.39 is 55.0 Å². The second-order valence-corrected chi connectivity index (χ2v) is 7.02. The van der Waals surface area contributed by atoms with Crippen molar-refractivity contribution in [1.29, 1.82) is 0 Å². The van der Waals surface area contributed by atoms with Gasteiger partial charge in [0.2, 0.25) is 17.7 Å². The average Bonchev–Trinajstić information content (AvgIpc) is 2.74. The van der Waals surface area contributed by atoms with E-state index in [-0.39, 0.29) is 12.3 Å². The molecule has 0 aliphatic carbocycles. The highest BCUT2D eigenvalue weighted by molar-refractivity contribution is 5.93. The van der Waals surface area contributed by atoms with Gasteiger partial charge in [-0.3, -0.25) is 19.2 Å². The molecule has 4 unspecified atom stereocenters. The highest BCUT2D eigenvalue weighted by Crippen LogP contribution is 2.06. The Kier molecular flexibility index (Phi) is 10.5. The van der Waals surface area contributed by atoms with Gasteiger partial charge < -0.3 is 31.9 Å². The van der Waals surface area contributed by atoms with Crippen molar-refractivity contribution in [1.82, 2.24) is 16.0 Å². The zero-order valence-corrected chi connectivity index (χ0v) is 17.1. The van der Waals surface area contributed by atoms with Crippen molar-refractivity contribution >= 4 is 23.7 Å². The lowest BCUT2D eigenvalue weighted by atomic mass is 9.99. The third kappa shape index (κ3) is 8.18. The molecule has 0 aromatic heterocycles. The number of aliphatic hydroxyl groups excluding tert-OH is 1. The van der Waals surface area contributed by atoms with Crippen LogP contribution in [-0.4, -0.2) is 65.2 Å². The Morgan fingerprint density at radius 3 is 2.13 bits per heavy atom. The quantitative estimate of drug-likeness (QED) is 0.245. The molecule has 0 saturated heterocycles. The summed E-state index contributed by atoms with van der Waals surface area (Å²) in [6.07, 6.45) is 0.754. The minimum Gasteiger partial charge on any atom is -0.480 e. The molecule has 10 heteroatoms. The molecule has 0 heterocycles. The first-order chi connectivity index (χ1) is 14.2. The number of rotatable bonds is 12. The number of aliphatic hydroxyl groups is 1. The van der Waals surface area contributed by atoms with Gasteiger partial charge in [0.25, 0.3) is 0 Å². The van der Waals surface area contributed by atoms with E-state index in [1.807, 2.05) is 6.92 Å². The summed E-state index contributed by atoms with van der Waals surface area (Å²) in [7, 11) is 0. The highest BCUT2D eigenvalue weighted by atomic mass is 16.4. The number of carbonyl (C=O) groups excluding carboxylic acids is 3. The van der Waals surface area contributed by atoms with Gasteiger partial charge in [-0.15, -0.1) is 0 Å². The Hall–Kier alpha value is -2.98. The van der Waals surface area contributed by atoms with E-state index in [0.29, 0.717) is 6.42 Å². The fraction of sp³-hybridized carbons (Fsp3) is 0.500. The summed E-state index contributed by atoms with van der Waals surface area (Å²) in [5.74, 6) is -3.43. The normalized spacial score (nSPS) is 14.7. The molecule has 0 bridgehead atoms. The predicted octanol–water partition coefficient (Wildman–Crippen LogP) is -1.23. The topological polar surface area (TPSA) is 171 Å². The van der Waals surface area contributed by atoms with E-state index in [4.69, 9.17) is 10.8 Å². The van der Waals surface area contributed by atoms with Crippen LogP contribution in [0, 0.1) is 5.92 Å². The van der Waals surface area contributed by atoms with Gasteiger partial charge in [0.1, 0.15) is 18.6 Å². The largest absolute Gasteiger partial charge is 0.480 e. The van der Waals surface area contributed by atoms with Gasteiger partial charge in [-0.25, -0.2) is 0 Å². The molecule has 1 rings (SSSR count). The second-order valence-electron chi connectivity index (χ2n) is 7.02. The fourth-order valence-corrected chi connectivity index (χ4v) is 2.59. The number of hydrogen-bond donors (Lipinski definition) is 6. The molecule has 0 saturated carbocycles. The van der Waals surface area contributed by atoms with Crippen molar-refractivity contribution in [3.8, 4) is 0 Å². The number of nitrogens with one attached hydrogen (secondary N) is 3. The molecular formula is C20H30N4O6. The highest BCUT2D eigenvalue weighted by Gasteiger charge is 2.29. The van der Waals surface area contributed by atoms with Gasteiger partial charge in [-0.2, -0.15) is 0 Å². The molecule has 1 aromatic carbocycles. The van der Waals surface area contributed by atoms with Crippen molar-refractivity contribution in [3.05, 3.63) is 35.9 Å². The Morgan fingerprint density at radius 1 is 1.00 bits per heavy atom. The van der Waals surface area contributed by atoms with E-state index in [2.05, 4.69) is 16.0 Å². The maximum absolute atomic E-state index is 12.6. The summed E-state index contributed by atoms with van der Waals surface area (Å²) in [6.45, 7) is 2.36. The molecule has 7 N–H and O–H groups in total. The number of nitrogens with two attached hydrogens (primary N) is 1. The summed E-state index contributed by atoms with van der Waals surface area (Å²) in [6, 6.07) is 5.55. The van der Waals surface area contributed by atoms with Crippen LogP contribution in [0.5, 0.6) is 0 Å². The van der Waals surface area contributed by atoms with E-state index in [0.717, 1.165) is 5.56 Å². The lowest BCUT2D eigenvalue weighted by Gasteiger charge is -2.24. The smallest absolute Gasteiger partial charge is 0.322 e. The molecule has 0 aliphatic heterocycles. The Morgan fingerprint density at radius 2 is 1.60 bits per heavy atom. The Labute approximate surface area is 175 Å². The van der Waals surface area contributed by atoms with E-state index in [9.17, 15) is 24.3 Å². The van der Waals surface area contributed by atoms with Gasteiger partial charge in [-0.05, 0) is 11.5 Å². The maximum atomic E-state index is 12.6. The minimum absolute atomic E-state index is 0.0938. The summed E-state index contributed by atoms with van der Waals surface area (Å²) in [5.41, 5.74) is 6.58. The number of benzene rings is 1. The second kappa shape index (κ2) is 12.6. The van der Waals surface area contributed by atoms with Crippen LogP contribution in [0.15, 0.2) is 30.3 Å². The van der Waals surface area contributed by atoms with Crippen LogP contribution in [0.3, 0.4) is 0 Å². The van der Waals surface area contributed by atoms with Crippen molar-refractivity contribution < 1.29 is 29.4 Å². The first kappa shape index (κ1) is 25.1. The number of carboxylic acids is 1. The van der Waals surface area contributed by atoms with Crippen LogP contribution >= 0.6 is 0 Å². The van der Waals surface area contributed by atoms with Gasteiger partial charge in [-0.1, -0.05) is 50.6 Å². The van der Waals surface area contributed by atoms with Crippen molar-refractivity contribution in [2.75, 3.05) is 13.2 Å². The van der Waals surface area contributed by atoms with Crippen molar-refractivity contribution in [2.45, 2.75) is 44.8 Å². The molecule has 4 atom stereocenters. The van der Waals surface area contributed by atoms with Crippen molar-refractivity contribution in [3.63, 3.8) is 0 Å². The summed E-state index contributed by atoms with van der Waals surface area (Å²) in [5, 5.41) is 25.4. The molecule has 0 spiro atoms. The summed E-state index contributed by atoms with van der Waals surface area (Å²) < 4.78 is 0. The fourth-order valence-electron chi connectivity index (χ4n) is 2.59. The third-order valence-electron chi connectivity index (χ3n) is 4.70. The first-order valence-corrected chi connectivity index (χ1v) is 9.70. The molecule has 0 fully saturated rings. The van der Waals surface area contributed by atoms with Crippen LogP contribution in [0.25, 0.3) is 0 Å². The average molecular weight is 422 g/mol. The van der Waals surface area contributed by atoms with E-state index >= 15 is 0 Å². The van der Waals surface area contributed by atoms with Crippen LogP contribution in [0.1, 0.15) is 25.8 Å². The summed E-state index contributed by atoms with van der Waals surface area (Å²) in [4.78, 5) is 48.0. The molecule has 166 valence electrons. The number of amides is 3. The van der Waals surface area contributed by atoms with E-state index in [1.54, 1.807) is 37.3 Å². The van der Waals surface area contributed by atoms with Crippen LogP contribution in [-0.2, 0) is 25.6 Å². The Balaban J connectivity index is 2.88. The molecular weight excluding hydrogens is 392 g/mol. The monoisotopic (exact) mass is 422 g/mol. The van der Waals surface area contributed by atoms with Gasteiger partial charge in [0.05, 0.1) is 12.6 Å². The predicted molar refractivity (Wildman–Crippen MR) is 109 cm³/mol. The summed E-state index contributed by atoms with van der Waals surface area (Å²) >= 11 is 0. The van der Waals surface area contributed by atoms with Gasteiger partial charge in [0.15, 0.2) is 0 Å². The van der Waals surface area contributed by atoms with Crippen LogP contribution in [0.2, 0.25) is 0 Å². The molecule has 1 aromatic rings. The number of hydrogen-bond acceptors (Lipinski definition) is 6. The van der Waals surface area contributed by atoms with E-state index in [1.165, 1.54) is 0 Å². The molecule has 10 nitrogen and oxygen atoms in total.